The summed E-state index contributed by atoms with van der Waals surface area (Å²) in [5.74, 6) is -0.728. The second-order valence-corrected chi connectivity index (χ2v) is 5.64. The van der Waals surface area contributed by atoms with Crippen molar-refractivity contribution in [2.45, 2.75) is 25.8 Å². The molecule has 0 saturated heterocycles. The lowest BCUT2D eigenvalue weighted by molar-refractivity contribution is -0.116. The van der Waals surface area contributed by atoms with Crippen molar-refractivity contribution in [3.63, 3.8) is 0 Å². The first-order chi connectivity index (χ1) is 11.5. The third-order valence-electron chi connectivity index (χ3n) is 3.89. The molecule has 1 aliphatic heterocycles. The molecule has 0 aliphatic carbocycles. The van der Waals surface area contributed by atoms with Crippen molar-refractivity contribution in [1.82, 2.24) is 10.3 Å². The summed E-state index contributed by atoms with van der Waals surface area (Å²) in [6.45, 7) is 1.83. The van der Waals surface area contributed by atoms with Gasteiger partial charge < -0.3 is 16.0 Å². The summed E-state index contributed by atoms with van der Waals surface area (Å²) in [5.41, 5.74) is 2.24. The predicted octanol–water partition coefficient (Wildman–Crippen LogP) is 2.99. The van der Waals surface area contributed by atoms with Crippen molar-refractivity contribution < 1.29 is 14.0 Å². The molecule has 0 unspecified atom stereocenters. The number of carbonyl (C=O) groups excluding carboxylic acids is 2. The second-order valence-electron chi connectivity index (χ2n) is 5.64. The minimum Gasteiger partial charge on any atom is -0.331 e. The molecule has 3 amide bonds. The lowest BCUT2D eigenvalue weighted by atomic mass is 10.0. The molecule has 1 aromatic heterocycles. The van der Waals surface area contributed by atoms with Crippen molar-refractivity contribution in [2.75, 3.05) is 10.6 Å². The fourth-order valence-corrected chi connectivity index (χ4v) is 2.59. The quantitative estimate of drug-likeness (QED) is 0.810. The number of nitrogens with zero attached hydrogens (tertiary/aromatic N) is 1. The number of carbonyl (C=O) groups is 2. The zero-order chi connectivity index (χ0) is 17.1. The van der Waals surface area contributed by atoms with Gasteiger partial charge in [-0.1, -0.05) is 0 Å². The smallest absolute Gasteiger partial charge is 0.319 e. The predicted molar refractivity (Wildman–Crippen MR) is 88.2 cm³/mol. The van der Waals surface area contributed by atoms with E-state index in [1.807, 2.05) is 6.92 Å². The van der Waals surface area contributed by atoms with Crippen molar-refractivity contribution in [3.05, 3.63) is 53.6 Å². The molecule has 0 saturated carbocycles. The molecule has 0 bridgehead atoms. The highest BCUT2D eigenvalue weighted by molar-refractivity contribution is 5.95. The van der Waals surface area contributed by atoms with Gasteiger partial charge in [0.2, 0.25) is 5.91 Å². The van der Waals surface area contributed by atoms with E-state index in [0.717, 1.165) is 11.1 Å². The molecule has 1 atom stereocenters. The van der Waals surface area contributed by atoms with E-state index in [4.69, 9.17) is 0 Å². The Kier molecular flexibility index (Phi) is 4.41. The molecule has 2 aromatic rings. The molecule has 24 heavy (non-hydrogen) atoms. The molecule has 1 aliphatic rings. The first-order valence-electron chi connectivity index (χ1n) is 7.62. The Labute approximate surface area is 138 Å². The molecule has 0 fully saturated rings. The minimum absolute atomic E-state index is 0.0873. The van der Waals surface area contributed by atoms with Gasteiger partial charge in [-0.15, -0.1) is 0 Å². The Balaban J connectivity index is 1.69. The third-order valence-corrected chi connectivity index (χ3v) is 3.89. The van der Waals surface area contributed by atoms with Gasteiger partial charge in [0.1, 0.15) is 5.82 Å². The highest BCUT2D eigenvalue weighted by Crippen LogP contribution is 2.28. The van der Waals surface area contributed by atoms with Gasteiger partial charge in [0.15, 0.2) is 0 Å². The Hall–Kier alpha value is -2.96. The fraction of sp³-hybridized carbons (Fsp3) is 0.235. The number of halogens is 1. The van der Waals surface area contributed by atoms with Crippen molar-refractivity contribution in [1.29, 1.82) is 0 Å². The van der Waals surface area contributed by atoms with E-state index in [0.29, 0.717) is 18.5 Å². The first kappa shape index (κ1) is 15.9. The van der Waals surface area contributed by atoms with Crippen LogP contribution < -0.4 is 16.0 Å². The normalized spacial score (nSPS) is 14.3. The maximum atomic E-state index is 14.1. The summed E-state index contributed by atoms with van der Waals surface area (Å²) >= 11 is 0. The largest absolute Gasteiger partial charge is 0.331 e. The molecule has 124 valence electrons. The number of rotatable bonds is 3. The number of urea groups is 1. The number of aromatic nitrogens is 1. The fourth-order valence-electron chi connectivity index (χ4n) is 2.59. The number of nitrogens with one attached hydrogen (secondary N) is 3. The van der Waals surface area contributed by atoms with Crippen molar-refractivity contribution >= 4 is 23.3 Å². The van der Waals surface area contributed by atoms with Gasteiger partial charge in [-0.2, -0.15) is 0 Å². The van der Waals surface area contributed by atoms with Gasteiger partial charge in [-0.25, -0.2) is 9.18 Å². The molecular formula is C17H17FN4O2. The Morgan fingerprint density at radius 2 is 2.04 bits per heavy atom. The van der Waals surface area contributed by atoms with E-state index in [9.17, 15) is 14.0 Å². The van der Waals surface area contributed by atoms with E-state index < -0.39 is 11.8 Å². The molecule has 3 N–H and O–H groups in total. The molecule has 7 heteroatoms. The molecule has 1 aromatic carbocycles. The molecule has 0 spiro atoms. The summed E-state index contributed by atoms with van der Waals surface area (Å²) in [7, 11) is 0. The van der Waals surface area contributed by atoms with Crippen LogP contribution in [-0.4, -0.2) is 16.9 Å². The summed E-state index contributed by atoms with van der Waals surface area (Å²) in [6, 6.07) is 5.64. The number of fused-ring (bicyclic) bond motifs is 1. The number of hydrogen-bond donors (Lipinski definition) is 3. The van der Waals surface area contributed by atoms with E-state index in [1.165, 1.54) is 6.07 Å². The highest BCUT2D eigenvalue weighted by Gasteiger charge is 2.19. The number of benzene rings is 1. The van der Waals surface area contributed by atoms with Crippen LogP contribution in [0, 0.1) is 5.82 Å². The zero-order valence-corrected chi connectivity index (χ0v) is 13.1. The zero-order valence-electron chi connectivity index (χ0n) is 13.1. The van der Waals surface area contributed by atoms with Gasteiger partial charge in [-0.3, -0.25) is 9.78 Å². The van der Waals surface area contributed by atoms with Gasteiger partial charge in [0, 0.05) is 24.5 Å². The molecule has 6 nitrogen and oxygen atoms in total. The van der Waals surface area contributed by atoms with Gasteiger partial charge in [-0.05, 0) is 48.7 Å². The summed E-state index contributed by atoms with van der Waals surface area (Å²) in [4.78, 5) is 27.4. The van der Waals surface area contributed by atoms with E-state index in [-0.39, 0.29) is 17.6 Å². The van der Waals surface area contributed by atoms with Gasteiger partial charge in [0.25, 0.3) is 0 Å². The maximum absolute atomic E-state index is 14.1. The van der Waals surface area contributed by atoms with E-state index >= 15 is 0 Å². The van der Waals surface area contributed by atoms with Crippen LogP contribution in [0.15, 0.2) is 36.7 Å². The van der Waals surface area contributed by atoms with Gasteiger partial charge >= 0.3 is 6.03 Å². The Bertz CT molecular complexity index is 780. The minimum atomic E-state index is -0.595. The number of amides is 3. The summed E-state index contributed by atoms with van der Waals surface area (Å²) in [5, 5.41) is 7.89. The maximum Gasteiger partial charge on any atom is 0.319 e. The van der Waals surface area contributed by atoms with Crippen LogP contribution in [0.2, 0.25) is 0 Å². The lowest BCUT2D eigenvalue weighted by Crippen LogP contribution is -2.31. The monoisotopic (exact) mass is 328 g/mol. The van der Waals surface area contributed by atoms with Crippen molar-refractivity contribution in [2.24, 2.45) is 0 Å². The Morgan fingerprint density at radius 1 is 1.29 bits per heavy atom. The average molecular weight is 328 g/mol. The molecule has 3 rings (SSSR count). The average Bonchev–Trinajstić information content (AvgIpc) is 2.56. The second kappa shape index (κ2) is 6.66. The summed E-state index contributed by atoms with van der Waals surface area (Å²) in [6.07, 6.45) is 4.15. The number of anilines is 2. The highest BCUT2D eigenvalue weighted by atomic mass is 19.1. The third kappa shape index (κ3) is 3.51. The lowest BCUT2D eigenvalue weighted by Gasteiger charge is -2.19. The summed E-state index contributed by atoms with van der Waals surface area (Å²) < 4.78 is 14.1. The molecule has 0 radical (unpaired) electrons. The van der Waals surface area contributed by atoms with Gasteiger partial charge in [0.05, 0.1) is 11.7 Å². The van der Waals surface area contributed by atoms with Crippen molar-refractivity contribution in [3.8, 4) is 0 Å². The topological polar surface area (TPSA) is 83.1 Å². The SMILES string of the molecule is C[C@H](NC(=O)Nc1cc2c(cc1F)NC(=O)CC2)c1ccncc1. The van der Waals surface area contributed by atoms with Crippen LogP contribution in [0.4, 0.5) is 20.6 Å². The van der Waals surface area contributed by atoms with Crippen LogP contribution in [0.3, 0.4) is 0 Å². The number of pyridine rings is 1. The standard InChI is InChI=1S/C17H17FN4O2/c1-10(11-4-6-19-7-5-11)20-17(24)22-15-8-12-2-3-16(23)21-14(12)9-13(15)18/h4-10H,2-3H2,1H3,(H,21,23)(H2,20,22,24)/t10-/m0/s1. The van der Waals surface area contributed by atoms with E-state index in [2.05, 4.69) is 20.9 Å². The van der Waals surface area contributed by atoms with Crippen LogP contribution in [0.25, 0.3) is 0 Å². The number of aryl methyl sites for hydroxylation is 1. The molecular weight excluding hydrogens is 311 g/mol. The van der Waals surface area contributed by atoms with E-state index in [1.54, 1.807) is 30.6 Å². The molecule has 2 heterocycles. The van der Waals surface area contributed by atoms with Crippen LogP contribution in [-0.2, 0) is 11.2 Å². The Morgan fingerprint density at radius 3 is 2.79 bits per heavy atom. The van der Waals surface area contributed by atoms with Crippen LogP contribution in [0.1, 0.15) is 30.5 Å². The van der Waals surface area contributed by atoms with Crippen LogP contribution >= 0.6 is 0 Å². The van der Waals surface area contributed by atoms with Crippen LogP contribution in [0.5, 0.6) is 0 Å². The number of hydrogen-bond acceptors (Lipinski definition) is 3. The first-order valence-corrected chi connectivity index (χ1v) is 7.62.